The van der Waals surface area contributed by atoms with E-state index < -0.39 is 0 Å². The van der Waals surface area contributed by atoms with E-state index in [1.54, 1.807) is 10.9 Å². The summed E-state index contributed by atoms with van der Waals surface area (Å²) in [6, 6.07) is -0.132. The van der Waals surface area contributed by atoms with Gasteiger partial charge in [0.15, 0.2) is 5.82 Å². The number of aromatic nitrogens is 5. The molecule has 0 spiro atoms. The van der Waals surface area contributed by atoms with Crippen LogP contribution in [0.4, 0.5) is 0 Å². The van der Waals surface area contributed by atoms with Gasteiger partial charge in [-0.2, -0.15) is 10.2 Å². The summed E-state index contributed by atoms with van der Waals surface area (Å²) in [6.45, 7) is 1.85. The second-order valence-electron chi connectivity index (χ2n) is 3.24. The van der Waals surface area contributed by atoms with Crippen LogP contribution in [0, 0.1) is 0 Å². The van der Waals surface area contributed by atoms with E-state index in [2.05, 4.69) is 20.3 Å². The molecule has 0 aliphatic rings. The van der Waals surface area contributed by atoms with E-state index in [0.717, 1.165) is 5.56 Å². The van der Waals surface area contributed by atoms with Crippen LogP contribution in [0.3, 0.4) is 0 Å². The predicted octanol–water partition coefficient (Wildman–Crippen LogP) is 0.225. The van der Waals surface area contributed by atoms with E-state index in [9.17, 15) is 0 Å². The maximum atomic E-state index is 5.66. The number of nitrogens with one attached hydrogen (secondary N) is 1. The molecule has 0 saturated heterocycles. The monoisotopic (exact) mass is 192 g/mol. The Morgan fingerprint density at radius 1 is 1.57 bits per heavy atom. The van der Waals surface area contributed by atoms with Gasteiger partial charge in [0.25, 0.3) is 0 Å². The van der Waals surface area contributed by atoms with E-state index >= 15 is 0 Å². The highest BCUT2D eigenvalue weighted by Gasteiger charge is 2.09. The lowest BCUT2D eigenvalue weighted by Crippen LogP contribution is -2.06. The third-order valence-corrected chi connectivity index (χ3v) is 1.90. The van der Waals surface area contributed by atoms with Gasteiger partial charge in [0, 0.05) is 13.2 Å². The molecule has 6 heteroatoms. The second kappa shape index (κ2) is 3.22. The van der Waals surface area contributed by atoms with Gasteiger partial charge in [-0.25, -0.2) is 4.98 Å². The molecular formula is C8H12N6. The largest absolute Gasteiger partial charge is 0.322 e. The molecule has 2 aromatic rings. The molecule has 2 aromatic heterocycles. The Bertz CT molecular complexity index is 426. The average Bonchev–Trinajstić information content (AvgIpc) is 2.70. The fourth-order valence-corrected chi connectivity index (χ4v) is 1.14. The molecule has 1 atom stereocenters. The first-order chi connectivity index (χ1) is 6.66. The van der Waals surface area contributed by atoms with Crippen molar-refractivity contribution in [3.8, 4) is 11.4 Å². The highest BCUT2D eigenvalue weighted by Crippen LogP contribution is 2.14. The lowest BCUT2D eigenvalue weighted by molar-refractivity contribution is 0.745. The maximum absolute atomic E-state index is 5.66. The SMILES string of the molecule is CC(N)c1nc(-c2cnn(C)c2)n[nH]1. The Labute approximate surface area is 81.1 Å². The quantitative estimate of drug-likeness (QED) is 0.713. The van der Waals surface area contributed by atoms with Gasteiger partial charge < -0.3 is 5.73 Å². The van der Waals surface area contributed by atoms with Crippen molar-refractivity contribution in [3.05, 3.63) is 18.2 Å². The zero-order chi connectivity index (χ0) is 10.1. The molecule has 0 bridgehead atoms. The van der Waals surface area contributed by atoms with Crippen LogP contribution >= 0.6 is 0 Å². The molecule has 0 aliphatic heterocycles. The summed E-state index contributed by atoms with van der Waals surface area (Å²) in [7, 11) is 1.85. The fraction of sp³-hybridized carbons (Fsp3) is 0.375. The smallest absolute Gasteiger partial charge is 0.184 e. The Morgan fingerprint density at radius 3 is 2.86 bits per heavy atom. The number of aromatic amines is 1. The van der Waals surface area contributed by atoms with E-state index in [4.69, 9.17) is 5.73 Å². The number of H-pyrrole nitrogens is 1. The zero-order valence-electron chi connectivity index (χ0n) is 8.10. The molecule has 74 valence electrons. The number of aryl methyl sites for hydroxylation is 1. The maximum Gasteiger partial charge on any atom is 0.184 e. The molecule has 2 rings (SSSR count). The topological polar surface area (TPSA) is 85.4 Å². The third kappa shape index (κ3) is 1.51. The lowest BCUT2D eigenvalue weighted by Gasteiger charge is -1.95. The van der Waals surface area contributed by atoms with Crippen molar-refractivity contribution in [1.29, 1.82) is 0 Å². The molecule has 2 heterocycles. The van der Waals surface area contributed by atoms with Gasteiger partial charge in [-0.15, -0.1) is 0 Å². The van der Waals surface area contributed by atoms with Crippen molar-refractivity contribution in [2.24, 2.45) is 12.8 Å². The van der Waals surface area contributed by atoms with Gasteiger partial charge in [-0.3, -0.25) is 9.78 Å². The van der Waals surface area contributed by atoms with Crippen LogP contribution in [-0.4, -0.2) is 25.0 Å². The Morgan fingerprint density at radius 2 is 2.36 bits per heavy atom. The highest BCUT2D eigenvalue weighted by atomic mass is 15.3. The van der Waals surface area contributed by atoms with Crippen molar-refractivity contribution in [1.82, 2.24) is 25.0 Å². The zero-order valence-corrected chi connectivity index (χ0v) is 8.10. The van der Waals surface area contributed by atoms with Crippen LogP contribution in [0.25, 0.3) is 11.4 Å². The highest BCUT2D eigenvalue weighted by molar-refractivity contribution is 5.51. The average molecular weight is 192 g/mol. The molecule has 0 saturated carbocycles. The minimum absolute atomic E-state index is 0.132. The molecule has 1 unspecified atom stereocenters. The van der Waals surface area contributed by atoms with Gasteiger partial charge in [-0.05, 0) is 6.92 Å². The van der Waals surface area contributed by atoms with Gasteiger partial charge in [0.05, 0.1) is 17.8 Å². The summed E-state index contributed by atoms with van der Waals surface area (Å²) in [5.41, 5.74) is 6.54. The Kier molecular flexibility index (Phi) is 2.05. The minimum atomic E-state index is -0.132. The van der Waals surface area contributed by atoms with Crippen molar-refractivity contribution < 1.29 is 0 Å². The van der Waals surface area contributed by atoms with Crippen LogP contribution in [0.15, 0.2) is 12.4 Å². The summed E-state index contributed by atoms with van der Waals surface area (Å²) < 4.78 is 1.71. The van der Waals surface area contributed by atoms with E-state index in [-0.39, 0.29) is 6.04 Å². The first-order valence-electron chi connectivity index (χ1n) is 4.33. The fourth-order valence-electron chi connectivity index (χ4n) is 1.14. The van der Waals surface area contributed by atoms with Gasteiger partial charge in [0.2, 0.25) is 0 Å². The Hall–Kier alpha value is -1.69. The van der Waals surface area contributed by atoms with Gasteiger partial charge in [0.1, 0.15) is 5.82 Å². The molecule has 0 amide bonds. The first kappa shape index (κ1) is 8.89. The van der Waals surface area contributed by atoms with Gasteiger partial charge in [-0.1, -0.05) is 0 Å². The summed E-state index contributed by atoms with van der Waals surface area (Å²) in [6.07, 6.45) is 3.57. The lowest BCUT2D eigenvalue weighted by atomic mass is 10.3. The van der Waals surface area contributed by atoms with Crippen molar-refractivity contribution in [3.63, 3.8) is 0 Å². The van der Waals surface area contributed by atoms with Gasteiger partial charge >= 0.3 is 0 Å². The molecule has 14 heavy (non-hydrogen) atoms. The summed E-state index contributed by atoms with van der Waals surface area (Å²) in [4.78, 5) is 4.25. The number of hydrogen-bond donors (Lipinski definition) is 2. The number of hydrogen-bond acceptors (Lipinski definition) is 4. The Balaban J connectivity index is 2.33. The summed E-state index contributed by atoms with van der Waals surface area (Å²) >= 11 is 0. The molecule has 6 nitrogen and oxygen atoms in total. The number of nitrogens with two attached hydrogens (primary N) is 1. The minimum Gasteiger partial charge on any atom is -0.322 e. The normalized spacial score (nSPS) is 13.1. The van der Waals surface area contributed by atoms with Crippen molar-refractivity contribution in [2.45, 2.75) is 13.0 Å². The van der Waals surface area contributed by atoms with Crippen LogP contribution in [0.2, 0.25) is 0 Å². The standard InChI is InChI=1S/C8H12N6/c1-5(9)7-11-8(13-12-7)6-3-10-14(2)4-6/h3-5H,9H2,1-2H3,(H,11,12,13). The first-order valence-corrected chi connectivity index (χ1v) is 4.33. The van der Waals surface area contributed by atoms with Crippen LogP contribution in [0.5, 0.6) is 0 Å². The number of rotatable bonds is 2. The molecule has 3 N–H and O–H groups in total. The molecular weight excluding hydrogens is 180 g/mol. The van der Waals surface area contributed by atoms with Crippen LogP contribution < -0.4 is 5.73 Å². The van der Waals surface area contributed by atoms with E-state index in [1.165, 1.54) is 0 Å². The molecule has 0 fully saturated rings. The molecule has 0 radical (unpaired) electrons. The molecule has 0 aliphatic carbocycles. The second-order valence-corrected chi connectivity index (χ2v) is 3.24. The van der Waals surface area contributed by atoms with Crippen LogP contribution in [-0.2, 0) is 7.05 Å². The van der Waals surface area contributed by atoms with E-state index in [1.807, 2.05) is 20.2 Å². The van der Waals surface area contributed by atoms with E-state index in [0.29, 0.717) is 11.6 Å². The van der Waals surface area contributed by atoms with Crippen LogP contribution in [0.1, 0.15) is 18.8 Å². The number of nitrogens with zero attached hydrogens (tertiary/aromatic N) is 4. The summed E-state index contributed by atoms with van der Waals surface area (Å²) in [5.74, 6) is 1.31. The predicted molar refractivity (Wildman–Crippen MR) is 51.2 cm³/mol. The van der Waals surface area contributed by atoms with Crippen molar-refractivity contribution >= 4 is 0 Å². The van der Waals surface area contributed by atoms with Crippen molar-refractivity contribution in [2.75, 3.05) is 0 Å². The third-order valence-electron chi connectivity index (χ3n) is 1.90. The summed E-state index contributed by atoms with van der Waals surface area (Å²) in [5, 5.41) is 10.9. The molecule has 0 aromatic carbocycles.